The highest BCUT2D eigenvalue weighted by molar-refractivity contribution is 5.71. The Morgan fingerprint density at radius 2 is 2.00 bits per heavy atom. The zero-order chi connectivity index (χ0) is 11.3. The van der Waals surface area contributed by atoms with Crippen molar-refractivity contribution in [3.05, 3.63) is 35.9 Å². The summed E-state index contributed by atoms with van der Waals surface area (Å²) in [4.78, 5) is 11.0. The summed E-state index contributed by atoms with van der Waals surface area (Å²) in [6, 6.07) is 9.32. The summed E-state index contributed by atoms with van der Waals surface area (Å²) in [7, 11) is 0. The van der Waals surface area contributed by atoms with Crippen LogP contribution < -0.4 is 5.73 Å². The Bertz CT molecular complexity index is 311. The van der Waals surface area contributed by atoms with E-state index in [0.29, 0.717) is 12.8 Å². The monoisotopic (exact) mass is 207 g/mol. The van der Waals surface area contributed by atoms with E-state index < -0.39 is 11.9 Å². The van der Waals surface area contributed by atoms with Crippen LogP contribution in [0, 0.1) is 5.92 Å². The molecule has 0 saturated heterocycles. The molecule has 0 fully saturated rings. The molecule has 3 heteroatoms. The number of benzene rings is 1. The third-order valence-corrected chi connectivity index (χ3v) is 2.60. The summed E-state index contributed by atoms with van der Waals surface area (Å²) in [5.74, 6) is -1.30. The summed E-state index contributed by atoms with van der Waals surface area (Å²) < 4.78 is 0. The number of hydrogen-bond donors (Lipinski definition) is 2. The van der Waals surface area contributed by atoms with Crippen LogP contribution in [0.25, 0.3) is 0 Å². The standard InChI is InChI=1S/C12H17NO2/c1-2-11(13)10(12(14)15)8-9-6-4-3-5-7-9/h3-7,10-11H,2,8,13H2,1H3,(H,14,15)/t10-,11+/m0/s1. The first-order chi connectivity index (χ1) is 7.15. The van der Waals surface area contributed by atoms with Crippen molar-refractivity contribution >= 4 is 5.97 Å². The van der Waals surface area contributed by atoms with E-state index in [2.05, 4.69) is 0 Å². The van der Waals surface area contributed by atoms with Crippen LogP contribution in [0.1, 0.15) is 18.9 Å². The van der Waals surface area contributed by atoms with Gasteiger partial charge in [-0.2, -0.15) is 0 Å². The molecule has 1 rings (SSSR count). The summed E-state index contributed by atoms with van der Waals surface area (Å²) >= 11 is 0. The van der Waals surface area contributed by atoms with Crippen LogP contribution in [-0.4, -0.2) is 17.1 Å². The maximum Gasteiger partial charge on any atom is 0.308 e. The number of hydrogen-bond acceptors (Lipinski definition) is 2. The third kappa shape index (κ3) is 3.36. The fraction of sp³-hybridized carbons (Fsp3) is 0.417. The second-order valence-corrected chi connectivity index (χ2v) is 3.71. The van der Waals surface area contributed by atoms with Crippen molar-refractivity contribution in [2.75, 3.05) is 0 Å². The van der Waals surface area contributed by atoms with E-state index in [1.807, 2.05) is 37.3 Å². The van der Waals surface area contributed by atoms with Crippen molar-refractivity contribution in [3.63, 3.8) is 0 Å². The van der Waals surface area contributed by atoms with Crippen LogP contribution in [0.15, 0.2) is 30.3 Å². The molecule has 3 nitrogen and oxygen atoms in total. The molecule has 2 atom stereocenters. The molecular weight excluding hydrogens is 190 g/mol. The van der Waals surface area contributed by atoms with Gasteiger partial charge in [-0.1, -0.05) is 37.3 Å². The van der Waals surface area contributed by atoms with Crippen molar-refractivity contribution < 1.29 is 9.90 Å². The molecule has 0 heterocycles. The summed E-state index contributed by atoms with van der Waals surface area (Å²) in [5, 5.41) is 9.06. The normalized spacial score (nSPS) is 14.5. The molecule has 1 aromatic rings. The van der Waals surface area contributed by atoms with Gasteiger partial charge in [0.25, 0.3) is 0 Å². The zero-order valence-corrected chi connectivity index (χ0v) is 8.89. The minimum atomic E-state index is -0.812. The predicted molar refractivity (Wildman–Crippen MR) is 59.5 cm³/mol. The van der Waals surface area contributed by atoms with Gasteiger partial charge < -0.3 is 10.8 Å². The molecule has 0 aromatic heterocycles. The van der Waals surface area contributed by atoms with Crippen LogP contribution in [0.3, 0.4) is 0 Å². The quantitative estimate of drug-likeness (QED) is 0.772. The van der Waals surface area contributed by atoms with E-state index in [9.17, 15) is 4.79 Å². The van der Waals surface area contributed by atoms with Crippen molar-refractivity contribution in [2.45, 2.75) is 25.8 Å². The van der Waals surface area contributed by atoms with E-state index in [1.54, 1.807) is 0 Å². The Morgan fingerprint density at radius 3 is 2.47 bits per heavy atom. The van der Waals surface area contributed by atoms with E-state index in [-0.39, 0.29) is 6.04 Å². The number of carboxylic acid groups (broad SMARTS) is 1. The Kier molecular flexibility index (Phi) is 4.31. The molecule has 1 aromatic carbocycles. The summed E-state index contributed by atoms with van der Waals surface area (Å²) in [6.07, 6.45) is 1.19. The van der Waals surface area contributed by atoms with Gasteiger partial charge in [-0.3, -0.25) is 4.79 Å². The number of carboxylic acids is 1. The maximum atomic E-state index is 11.0. The molecule has 3 N–H and O–H groups in total. The van der Waals surface area contributed by atoms with Crippen LogP contribution in [-0.2, 0) is 11.2 Å². The zero-order valence-electron chi connectivity index (χ0n) is 8.89. The Balaban J connectivity index is 2.71. The van der Waals surface area contributed by atoms with Gasteiger partial charge in [0, 0.05) is 6.04 Å². The molecular formula is C12H17NO2. The second-order valence-electron chi connectivity index (χ2n) is 3.71. The molecule has 82 valence electrons. The van der Waals surface area contributed by atoms with Gasteiger partial charge in [0.1, 0.15) is 0 Å². The minimum absolute atomic E-state index is 0.275. The van der Waals surface area contributed by atoms with Crippen molar-refractivity contribution in [1.29, 1.82) is 0 Å². The van der Waals surface area contributed by atoms with Crippen molar-refractivity contribution in [3.8, 4) is 0 Å². The SMILES string of the molecule is CC[C@@H](N)[C@H](Cc1ccccc1)C(=O)O. The fourth-order valence-corrected chi connectivity index (χ4v) is 1.57. The summed E-state index contributed by atoms with van der Waals surface area (Å²) in [6.45, 7) is 1.91. The van der Waals surface area contributed by atoms with Gasteiger partial charge >= 0.3 is 5.97 Å². The number of nitrogens with two attached hydrogens (primary N) is 1. The molecule has 15 heavy (non-hydrogen) atoms. The number of rotatable bonds is 5. The second kappa shape index (κ2) is 5.51. The lowest BCUT2D eigenvalue weighted by Gasteiger charge is -2.18. The maximum absolute atomic E-state index is 11.0. The predicted octanol–water partition coefficient (Wildman–Crippen LogP) is 1.67. The largest absolute Gasteiger partial charge is 0.481 e. The van der Waals surface area contributed by atoms with Crippen LogP contribution in [0.4, 0.5) is 0 Å². The van der Waals surface area contributed by atoms with Gasteiger partial charge in [-0.15, -0.1) is 0 Å². The molecule has 0 amide bonds. The molecule has 0 aliphatic rings. The molecule has 0 saturated carbocycles. The van der Waals surface area contributed by atoms with Gasteiger partial charge in [0.2, 0.25) is 0 Å². The molecule has 0 spiro atoms. The lowest BCUT2D eigenvalue weighted by atomic mass is 9.91. The van der Waals surface area contributed by atoms with E-state index >= 15 is 0 Å². The first-order valence-corrected chi connectivity index (χ1v) is 5.17. The average molecular weight is 207 g/mol. The summed E-state index contributed by atoms with van der Waals surface area (Å²) in [5.41, 5.74) is 6.81. The number of aliphatic carboxylic acids is 1. The highest BCUT2D eigenvalue weighted by atomic mass is 16.4. The van der Waals surface area contributed by atoms with Gasteiger partial charge in [0.05, 0.1) is 5.92 Å². The van der Waals surface area contributed by atoms with E-state index in [0.717, 1.165) is 5.56 Å². The Morgan fingerprint density at radius 1 is 1.40 bits per heavy atom. The van der Waals surface area contributed by atoms with Crippen molar-refractivity contribution in [2.24, 2.45) is 11.7 Å². The third-order valence-electron chi connectivity index (χ3n) is 2.60. The van der Waals surface area contributed by atoms with Crippen LogP contribution in [0.2, 0.25) is 0 Å². The van der Waals surface area contributed by atoms with Gasteiger partial charge in [-0.25, -0.2) is 0 Å². The number of carbonyl (C=O) groups is 1. The van der Waals surface area contributed by atoms with E-state index in [4.69, 9.17) is 10.8 Å². The van der Waals surface area contributed by atoms with Crippen molar-refractivity contribution in [1.82, 2.24) is 0 Å². The molecule has 0 aliphatic heterocycles. The minimum Gasteiger partial charge on any atom is -0.481 e. The first-order valence-electron chi connectivity index (χ1n) is 5.17. The van der Waals surface area contributed by atoms with Crippen LogP contribution in [0.5, 0.6) is 0 Å². The van der Waals surface area contributed by atoms with E-state index in [1.165, 1.54) is 0 Å². The van der Waals surface area contributed by atoms with Gasteiger partial charge in [0.15, 0.2) is 0 Å². The topological polar surface area (TPSA) is 63.3 Å². The first kappa shape index (κ1) is 11.7. The average Bonchev–Trinajstić information content (AvgIpc) is 2.26. The van der Waals surface area contributed by atoms with Crippen LogP contribution >= 0.6 is 0 Å². The Hall–Kier alpha value is -1.35. The molecule has 0 radical (unpaired) electrons. The lowest BCUT2D eigenvalue weighted by molar-refractivity contribution is -0.142. The highest BCUT2D eigenvalue weighted by Gasteiger charge is 2.23. The lowest BCUT2D eigenvalue weighted by Crippen LogP contribution is -2.36. The fourth-order valence-electron chi connectivity index (χ4n) is 1.57. The van der Waals surface area contributed by atoms with Gasteiger partial charge in [-0.05, 0) is 18.4 Å². The molecule has 0 aliphatic carbocycles. The molecule has 0 bridgehead atoms. The Labute approximate surface area is 89.9 Å². The molecule has 0 unspecified atom stereocenters. The highest BCUT2D eigenvalue weighted by Crippen LogP contribution is 2.13. The smallest absolute Gasteiger partial charge is 0.308 e.